The molecule has 0 aliphatic carbocycles. The summed E-state index contributed by atoms with van der Waals surface area (Å²) in [6.07, 6.45) is -0.522. The SMILES string of the molecule is CC(Oc1ccc2ccccc2c1)C(=O)N1CCN(C(c2ccccc2)c2ccccc2)CC1. The highest BCUT2D eigenvalue weighted by Gasteiger charge is 2.30. The fraction of sp³-hybridized carbons (Fsp3) is 0.233. The van der Waals surface area contributed by atoms with Gasteiger partial charge in [0.1, 0.15) is 5.75 Å². The van der Waals surface area contributed by atoms with Crippen LogP contribution in [0.2, 0.25) is 0 Å². The third-order valence-corrected chi connectivity index (χ3v) is 6.60. The van der Waals surface area contributed by atoms with E-state index in [2.05, 4.69) is 77.7 Å². The minimum absolute atomic E-state index is 0.0452. The molecular weight excluding hydrogens is 420 g/mol. The first-order valence-electron chi connectivity index (χ1n) is 12.0. The Balaban J connectivity index is 1.24. The van der Waals surface area contributed by atoms with Gasteiger partial charge in [0.2, 0.25) is 0 Å². The molecule has 5 rings (SSSR count). The van der Waals surface area contributed by atoms with Gasteiger partial charge in [0.05, 0.1) is 6.04 Å². The fourth-order valence-corrected chi connectivity index (χ4v) is 4.84. The summed E-state index contributed by atoms with van der Waals surface area (Å²) in [6, 6.07) is 35.6. The van der Waals surface area contributed by atoms with Crippen molar-refractivity contribution in [3.63, 3.8) is 0 Å². The zero-order valence-corrected chi connectivity index (χ0v) is 19.5. The van der Waals surface area contributed by atoms with Gasteiger partial charge in [-0.15, -0.1) is 0 Å². The first-order valence-corrected chi connectivity index (χ1v) is 12.0. The van der Waals surface area contributed by atoms with Gasteiger partial charge in [0, 0.05) is 26.2 Å². The van der Waals surface area contributed by atoms with E-state index >= 15 is 0 Å². The third kappa shape index (κ3) is 4.82. The molecule has 172 valence electrons. The van der Waals surface area contributed by atoms with Crippen LogP contribution in [-0.2, 0) is 4.79 Å². The number of rotatable bonds is 6. The van der Waals surface area contributed by atoms with E-state index in [0.29, 0.717) is 13.1 Å². The number of benzene rings is 4. The molecule has 0 radical (unpaired) electrons. The molecule has 0 saturated carbocycles. The van der Waals surface area contributed by atoms with Crippen LogP contribution in [-0.4, -0.2) is 48.0 Å². The van der Waals surface area contributed by atoms with Crippen molar-refractivity contribution in [3.8, 4) is 5.75 Å². The van der Waals surface area contributed by atoms with Crippen molar-refractivity contribution in [3.05, 3.63) is 114 Å². The summed E-state index contributed by atoms with van der Waals surface area (Å²) in [4.78, 5) is 17.6. The zero-order valence-electron chi connectivity index (χ0n) is 19.5. The highest BCUT2D eigenvalue weighted by atomic mass is 16.5. The number of piperazine rings is 1. The smallest absolute Gasteiger partial charge is 0.263 e. The van der Waals surface area contributed by atoms with E-state index in [1.165, 1.54) is 11.1 Å². The average molecular weight is 451 g/mol. The average Bonchev–Trinajstić information content (AvgIpc) is 2.90. The summed E-state index contributed by atoms with van der Waals surface area (Å²) in [6.45, 7) is 4.88. The van der Waals surface area contributed by atoms with Crippen LogP contribution in [0.3, 0.4) is 0 Å². The van der Waals surface area contributed by atoms with Crippen molar-refractivity contribution >= 4 is 16.7 Å². The molecule has 4 aromatic rings. The summed E-state index contributed by atoms with van der Waals surface area (Å²) in [5.74, 6) is 0.773. The van der Waals surface area contributed by atoms with Crippen LogP contribution in [0.15, 0.2) is 103 Å². The topological polar surface area (TPSA) is 32.8 Å². The molecule has 0 bridgehead atoms. The Morgan fingerprint density at radius 3 is 1.88 bits per heavy atom. The number of amides is 1. The molecule has 0 N–H and O–H groups in total. The Bertz CT molecular complexity index is 1190. The Hall–Kier alpha value is -3.63. The first kappa shape index (κ1) is 22.2. The first-order chi connectivity index (χ1) is 16.7. The second-order valence-corrected chi connectivity index (χ2v) is 8.85. The van der Waals surface area contributed by atoms with Crippen LogP contribution >= 0.6 is 0 Å². The van der Waals surface area contributed by atoms with E-state index in [9.17, 15) is 4.79 Å². The number of carbonyl (C=O) groups excluding carboxylic acids is 1. The van der Waals surface area contributed by atoms with E-state index in [1.807, 2.05) is 42.2 Å². The van der Waals surface area contributed by atoms with Gasteiger partial charge >= 0.3 is 0 Å². The quantitative estimate of drug-likeness (QED) is 0.387. The maximum Gasteiger partial charge on any atom is 0.263 e. The fourth-order valence-electron chi connectivity index (χ4n) is 4.84. The van der Waals surface area contributed by atoms with Gasteiger partial charge in [-0.3, -0.25) is 9.69 Å². The van der Waals surface area contributed by atoms with E-state index in [-0.39, 0.29) is 11.9 Å². The highest BCUT2D eigenvalue weighted by molar-refractivity contribution is 5.84. The molecule has 1 aliphatic heterocycles. The number of ether oxygens (including phenoxy) is 1. The van der Waals surface area contributed by atoms with Crippen molar-refractivity contribution in [2.24, 2.45) is 0 Å². The highest BCUT2D eigenvalue weighted by Crippen LogP contribution is 2.29. The largest absolute Gasteiger partial charge is 0.481 e. The van der Waals surface area contributed by atoms with Gasteiger partial charge < -0.3 is 9.64 Å². The second-order valence-electron chi connectivity index (χ2n) is 8.85. The Kier molecular flexibility index (Phi) is 6.59. The molecule has 1 aliphatic rings. The van der Waals surface area contributed by atoms with E-state index in [4.69, 9.17) is 4.74 Å². The van der Waals surface area contributed by atoms with Gasteiger partial charge in [0.15, 0.2) is 6.10 Å². The maximum atomic E-state index is 13.2. The summed E-state index contributed by atoms with van der Waals surface area (Å²) in [5, 5.41) is 2.28. The van der Waals surface area contributed by atoms with Gasteiger partial charge in [0.25, 0.3) is 5.91 Å². The van der Waals surface area contributed by atoms with Crippen molar-refractivity contribution in [2.75, 3.05) is 26.2 Å². The predicted molar refractivity (Wildman–Crippen MR) is 137 cm³/mol. The predicted octanol–water partition coefficient (Wildman–Crippen LogP) is 5.54. The van der Waals surface area contributed by atoms with E-state index in [1.54, 1.807) is 0 Å². The number of carbonyl (C=O) groups is 1. The molecule has 4 aromatic carbocycles. The molecule has 1 saturated heterocycles. The summed E-state index contributed by atoms with van der Waals surface area (Å²) in [7, 11) is 0. The van der Waals surface area contributed by atoms with Crippen molar-refractivity contribution in [2.45, 2.75) is 19.1 Å². The molecule has 1 unspecified atom stereocenters. The maximum absolute atomic E-state index is 13.2. The molecule has 1 atom stereocenters. The molecule has 1 fully saturated rings. The number of hydrogen-bond donors (Lipinski definition) is 0. The lowest BCUT2D eigenvalue weighted by molar-refractivity contribution is -0.140. The summed E-state index contributed by atoms with van der Waals surface area (Å²) in [5.41, 5.74) is 2.56. The zero-order chi connectivity index (χ0) is 23.3. The van der Waals surface area contributed by atoms with Crippen LogP contribution in [0, 0.1) is 0 Å². The second kappa shape index (κ2) is 10.1. The third-order valence-electron chi connectivity index (χ3n) is 6.60. The van der Waals surface area contributed by atoms with Crippen molar-refractivity contribution < 1.29 is 9.53 Å². The van der Waals surface area contributed by atoms with Crippen LogP contribution in [0.25, 0.3) is 10.8 Å². The minimum Gasteiger partial charge on any atom is -0.481 e. The van der Waals surface area contributed by atoms with E-state index in [0.717, 1.165) is 29.6 Å². The molecule has 4 nitrogen and oxygen atoms in total. The minimum atomic E-state index is -0.522. The Morgan fingerprint density at radius 1 is 0.706 bits per heavy atom. The lowest BCUT2D eigenvalue weighted by Gasteiger charge is -2.40. The van der Waals surface area contributed by atoms with E-state index < -0.39 is 6.10 Å². The molecular formula is C30H30N2O2. The Labute approximate surface area is 201 Å². The standard InChI is InChI=1S/C30H30N2O2/c1-23(34-28-17-16-24-10-8-9-15-27(24)22-28)30(33)32-20-18-31(19-21-32)29(25-11-4-2-5-12-25)26-13-6-3-7-14-26/h2-17,22-23,29H,18-21H2,1H3. The van der Waals surface area contributed by atoms with Gasteiger partial charge in [-0.1, -0.05) is 91.0 Å². The number of nitrogens with zero attached hydrogens (tertiary/aromatic N) is 2. The summed E-state index contributed by atoms with van der Waals surface area (Å²) >= 11 is 0. The summed E-state index contributed by atoms with van der Waals surface area (Å²) < 4.78 is 6.05. The molecule has 4 heteroatoms. The van der Waals surface area contributed by atoms with Crippen LogP contribution < -0.4 is 4.74 Å². The molecule has 1 amide bonds. The molecule has 0 spiro atoms. The van der Waals surface area contributed by atoms with Crippen LogP contribution in [0.5, 0.6) is 5.75 Å². The molecule has 34 heavy (non-hydrogen) atoms. The lowest BCUT2D eigenvalue weighted by atomic mass is 9.96. The van der Waals surface area contributed by atoms with Crippen LogP contribution in [0.1, 0.15) is 24.1 Å². The normalized spacial score (nSPS) is 15.4. The van der Waals surface area contributed by atoms with Crippen molar-refractivity contribution in [1.82, 2.24) is 9.80 Å². The van der Waals surface area contributed by atoms with Crippen LogP contribution in [0.4, 0.5) is 0 Å². The van der Waals surface area contributed by atoms with Gasteiger partial charge in [-0.05, 0) is 41.0 Å². The molecule has 0 aromatic heterocycles. The van der Waals surface area contributed by atoms with Gasteiger partial charge in [-0.25, -0.2) is 0 Å². The van der Waals surface area contributed by atoms with Gasteiger partial charge in [-0.2, -0.15) is 0 Å². The number of fused-ring (bicyclic) bond motifs is 1. The molecule has 1 heterocycles. The lowest BCUT2D eigenvalue weighted by Crippen LogP contribution is -2.52. The monoisotopic (exact) mass is 450 g/mol. The van der Waals surface area contributed by atoms with Crippen molar-refractivity contribution in [1.29, 1.82) is 0 Å². The Morgan fingerprint density at radius 2 is 1.26 bits per heavy atom. The number of hydrogen-bond acceptors (Lipinski definition) is 3.